The van der Waals surface area contributed by atoms with Crippen LogP contribution in [0, 0.1) is 0 Å². The summed E-state index contributed by atoms with van der Waals surface area (Å²) in [5.41, 5.74) is 1.31. The third-order valence-electron chi connectivity index (χ3n) is 2.99. The molecule has 1 heterocycles. The molecular weight excluding hydrogens is 256 g/mol. The molecule has 0 fully saturated rings. The summed E-state index contributed by atoms with van der Waals surface area (Å²) in [6, 6.07) is 7.08. The van der Waals surface area contributed by atoms with Crippen molar-refractivity contribution < 1.29 is 14.3 Å². The van der Waals surface area contributed by atoms with E-state index in [0.717, 1.165) is 17.7 Å². The third kappa shape index (κ3) is 3.73. The first-order valence-electron chi connectivity index (χ1n) is 6.73. The largest absolute Gasteiger partial charge is 0.444 e. The van der Waals surface area contributed by atoms with E-state index in [1.54, 1.807) is 20.8 Å². The Balaban J connectivity index is 2.02. The number of aryl methyl sites for hydroxylation is 1. The lowest BCUT2D eigenvalue weighted by Crippen LogP contribution is -2.45. The minimum atomic E-state index is -0.575. The fourth-order valence-electron chi connectivity index (χ4n) is 2.10. The smallest absolute Gasteiger partial charge is 0.408 e. The Hall–Kier alpha value is -2.04. The van der Waals surface area contributed by atoms with Crippen molar-refractivity contribution >= 4 is 17.7 Å². The van der Waals surface area contributed by atoms with Gasteiger partial charge in [-0.3, -0.25) is 4.79 Å². The summed E-state index contributed by atoms with van der Waals surface area (Å²) in [6.07, 6.45) is 0.723. The Labute approximate surface area is 118 Å². The number of ether oxygens (including phenoxy) is 1. The van der Waals surface area contributed by atoms with Crippen LogP contribution < -0.4 is 10.6 Å². The van der Waals surface area contributed by atoms with Crippen LogP contribution in [0.25, 0.3) is 0 Å². The molecule has 0 saturated carbocycles. The molecule has 0 radical (unpaired) electrons. The van der Waals surface area contributed by atoms with Crippen molar-refractivity contribution in [2.75, 3.05) is 5.32 Å². The Kier molecular flexibility index (Phi) is 3.97. The zero-order chi connectivity index (χ0) is 14.8. The second-order valence-corrected chi connectivity index (χ2v) is 5.88. The molecule has 0 aromatic heterocycles. The molecule has 0 spiro atoms. The van der Waals surface area contributed by atoms with Crippen LogP contribution in [-0.2, 0) is 16.0 Å². The van der Waals surface area contributed by atoms with Gasteiger partial charge in [-0.2, -0.15) is 0 Å². The zero-order valence-corrected chi connectivity index (χ0v) is 12.0. The molecule has 0 saturated heterocycles. The first-order valence-corrected chi connectivity index (χ1v) is 6.73. The summed E-state index contributed by atoms with van der Waals surface area (Å²) in [5, 5.41) is 5.46. The highest BCUT2D eigenvalue weighted by molar-refractivity contribution is 5.97. The summed E-state index contributed by atoms with van der Waals surface area (Å²) >= 11 is 0. The van der Waals surface area contributed by atoms with E-state index < -0.39 is 17.7 Å². The van der Waals surface area contributed by atoms with E-state index in [1.807, 2.05) is 24.3 Å². The number of hydrogen-bond acceptors (Lipinski definition) is 3. The van der Waals surface area contributed by atoms with E-state index in [1.165, 1.54) is 0 Å². The number of carbonyl (C=O) groups is 2. The van der Waals surface area contributed by atoms with Crippen molar-refractivity contribution in [3.05, 3.63) is 29.8 Å². The van der Waals surface area contributed by atoms with Gasteiger partial charge in [0.05, 0.1) is 0 Å². The lowest BCUT2D eigenvalue weighted by molar-refractivity contribution is -0.118. The standard InChI is InChI=1S/C15H20N2O3/c1-15(2,3)20-14(19)17-12-9-8-10-6-4-5-7-11(10)16-13(12)18/h4-7,12H,8-9H2,1-3H3,(H,16,18)(H,17,19). The highest BCUT2D eigenvalue weighted by atomic mass is 16.6. The molecule has 1 aromatic rings. The second kappa shape index (κ2) is 5.53. The van der Waals surface area contributed by atoms with Crippen molar-refractivity contribution in [1.29, 1.82) is 0 Å². The van der Waals surface area contributed by atoms with Gasteiger partial charge < -0.3 is 15.4 Å². The number of rotatable bonds is 1. The van der Waals surface area contributed by atoms with E-state index in [0.29, 0.717) is 6.42 Å². The van der Waals surface area contributed by atoms with E-state index in [4.69, 9.17) is 4.74 Å². The Morgan fingerprint density at radius 1 is 1.35 bits per heavy atom. The van der Waals surface area contributed by atoms with Gasteiger partial charge in [0, 0.05) is 5.69 Å². The number of amides is 2. The Morgan fingerprint density at radius 2 is 2.05 bits per heavy atom. The Bertz CT molecular complexity index is 520. The number of para-hydroxylation sites is 1. The van der Waals surface area contributed by atoms with Crippen LogP contribution in [0.3, 0.4) is 0 Å². The number of carbonyl (C=O) groups excluding carboxylic acids is 2. The van der Waals surface area contributed by atoms with Crippen LogP contribution in [0.4, 0.5) is 10.5 Å². The predicted molar refractivity (Wildman–Crippen MR) is 76.6 cm³/mol. The molecule has 108 valence electrons. The molecular formula is C15H20N2O3. The summed E-state index contributed by atoms with van der Waals surface area (Å²) < 4.78 is 5.18. The van der Waals surface area contributed by atoms with E-state index in [-0.39, 0.29) is 5.91 Å². The highest BCUT2D eigenvalue weighted by Gasteiger charge is 2.26. The van der Waals surface area contributed by atoms with Gasteiger partial charge in [-0.1, -0.05) is 18.2 Å². The average Bonchev–Trinajstić information content (AvgIpc) is 2.47. The first kappa shape index (κ1) is 14.4. The average molecular weight is 276 g/mol. The molecule has 1 aliphatic rings. The molecule has 1 aliphatic heterocycles. The van der Waals surface area contributed by atoms with Gasteiger partial charge >= 0.3 is 6.09 Å². The molecule has 20 heavy (non-hydrogen) atoms. The van der Waals surface area contributed by atoms with Crippen molar-refractivity contribution in [3.63, 3.8) is 0 Å². The second-order valence-electron chi connectivity index (χ2n) is 5.88. The monoisotopic (exact) mass is 276 g/mol. The summed E-state index contributed by atoms with van der Waals surface area (Å²) in [4.78, 5) is 23.8. The number of nitrogens with one attached hydrogen (secondary N) is 2. The minimum Gasteiger partial charge on any atom is -0.444 e. The third-order valence-corrected chi connectivity index (χ3v) is 2.99. The summed E-state index contributed by atoms with van der Waals surface area (Å²) in [5.74, 6) is -0.208. The maximum absolute atomic E-state index is 12.1. The molecule has 2 amide bonds. The lowest BCUT2D eigenvalue weighted by atomic mass is 10.1. The fraction of sp³-hybridized carbons (Fsp3) is 0.467. The topological polar surface area (TPSA) is 67.4 Å². The normalized spacial score (nSPS) is 18.6. The van der Waals surface area contributed by atoms with Crippen LogP contribution in [0.2, 0.25) is 0 Å². The van der Waals surface area contributed by atoms with Crippen molar-refractivity contribution in [2.24, 2.45) is 0 Å². The number of fused-ring (bicyclic) bond motifs is 1. The highest BCUT2D eigenvalue weighted by Crippen LogP contribution is 2.21. The number of hydrogen-bond donors (Lipinski definition) is 2. The predicted octanol–water partition coefficient (Wildman–Crippen LogP) is 2.46. The molecule has 1 atom stereocenters. The summed E-state index contributed by atoms with van der Waals surface area (Å²) in [6.45, 7) is 5.36. The van der Waals surface area contributed by atoms with E-state index in [2.05, 4.69) is 10.6 Å². The maximum Gasteiger partial charge on any atom is 0.408 e. The van der Waals surface area contributed by atoms with Crippen LogP contribution >= 0.6 is 0 Å². The molecule has 0 aliphatic carbocycles. The molecule has 1 unspecified atom stereocenters. The van der Waals surface area contributed by atoms with E-state index in [9.17, 15) is 9.59 Å². The van der Waals surface area contributed by atoms with Crippen LogP contribution in [-0.4, -0.2) is 23.6 Å². The molecule has 5 nitrogen and oxygen atoms in total. The number of alkyl carbamates (subject to hydrolysis) is 1. The molecule has 2 rings (SSSR count). The van der Waals surface area contributed by atoms with Gasteiger partial charge in [0.1, 0.15) is 11.6 Å². The van der Waals surface area contributed by atoms with Gasteiger partial charge in [-0.15, -0.1) is 0 Å². The quantitative estimate of drug-likeness (QED) is 0.828. The van der Waals surface area contributed by atoms with Gasteiger partial charge in [-0.25, -0.2) is 4.79 Å². The maximum atomic E-state index is 12.1. The number of anilines is 1. The van der Waals surface area contributed by atoms with Gasteiger partial charge in [0.15, 0.2) is 0 Å². The molecule has 5 heteroatoms. The number of benzene rings is 1. The molecule has 1 aromatic carbocycles. The zero-order valence-electron chi connectivity index (χ0n) is 12.0. The van der Waals surface area contributed by atoms with E-state index >= 15 is 0 Å². The van der Waals surface area contributed by atoms with Crippen molar-refractivity contribution in [2.45, 2.75) is 45.3 Å². The lowest BCUT2D eigenvalue weighted by Gasteiger charge is -2.22. The minimum absolute atomic E-state index is 0.208. The van der Waals surface area contributed by atoms with Gasteiger partial charge in [-0.05, 0) is 45.2 Å². The first-order chi connectivity index (χ1) is 9.35. The Morgan fingerprint density at radius 3 is 2.75 bits per heavy atom. The molecule has 0 bridgehead atoms. The summed E-state index contributed by atoms with van der Waals surface area (Å²) in [7, 11) is 0. The SMILES string of the molecule is CC(C)(C)OC(=O)NC1CCc2ccccc2NC1=O. The van der Waals surface area contributed by atoms with Gasteiger partial charge in [0.25, 0.3) is 0 Å². The van der Waals surface area contributed by atoms with Crippen LogP contribution in [0.1, 0.15) is 32.8 Å². The van der Waals surface area contributed by atoms with Crippen LogP contribution in [0.5, 0.6) is 0 Å². The van der Waals surface area contributed by atoms with Crippen LogP contribution in [0.15, 0.2) is 24.3 Å². The fourth-order valence-corrected chi connectivity index (χ4v) is 2.10. The van der Waals surface area contributed by atoms with Gasteiger partial charge in [0.2, 0.25) is 5.91 Å². The van der Waals surface area contributed by atoms with Crippen molar-refractivity contribution in [1.82, 2.24) is 5.32 Å². The molecule has 2 N–H and O–H groups in total. The van der Waals surface area contributed by atoms with Crippen molar-refractivity contribution in [3.8, 4) is 0 Å².